The highest BCUT2D eigenvalue weighted by molar-refractivity contribution is 14.0. The van der Waals surface area contributed by atoms with Gasteiger partial charge in [-0.1, -0.05) is 18.9 Å². The van der Waals surface area contributed by atoms with Crippen LogP contribution < -0.4 is 15.4 Å². The molecule has 7 heteroatoms. The quantitative estimate of drug-likeness (QED) is 0.357. The first-order chi connectivity index (χ1) is 12.7. The number of hydrogen-bond donors (Lipinski definition) is 2. The number of rotatable bonds is 6. The molecule has 1 aromatic carbocycles. The van der Waals surface area contributed by atoms with E-state index in [9.17, 15) is 4.39 Å². The molecular weight excluding hydrogens is 458 g/mol. The van der Waals surface area contributed by atoms with Gasteiger partial charge in [-0.3, -0.25) is 4.98 Å². The summed E-state index contributed by atoms with van der Waals surface area (Å²) in [6, 6.07) is 8.90. The van der Waals surface area contributed by atoms with Gasteiger partial charge in [-0.2, -0.15) is 0 Å². The Morgan fingerprint density at radius 2 is 2.11 bits per heavy atom. The molecule has 0 bridgehead atoms. The van der Waals surface area contributed by atoms with E-state index in [0.29, 0.717) is 18.3 Å². The molecule has 0 saturated heterocycles. The van der Waals surface area contributed by atoms with E-state index in [1.807, 2.05) is 13.0 Å². The Bertz CT molecular complexity index is 736. The Morgan fingerprint density at radius 3 is 2.78 bits per heavy atom. The van der Waals surface area contributed by atoms with E-state index in [4.69, 9.17) is 4.74 Å². The highest BCUT2D eigenvalue weighted by atomic mass is 127. The van der Waals surface area contributed by atoms with Crippen LogP contribution in [0, 0.1) is 5.82 Å². The van der Waals surface area contributed by atoms with Gasteiger partial charge in [0.05, 0.1) is 12.7 Å². The molecule has 1 aromatic heterocycles. The Hall–Kier alpha value is -1.90. The number of benzene rings is 1. The third-order valence-corrected chi connectivity index (χ3v) is 4.32. The summed E-state index contributed by atoms with van der Waals surface area (Å²) in [4.78, 5) is 8.54. The number of pyridine rings is 1. The predicted molar refractivity (Wildman–Crippen MR) is 116 cm³/mol. The van der Waals surface area contributed by atoms with Gasteiger partial charge in [0.15, 0.2) is 17.5 Å². The minimum absolute atomic E-state index is 0. The smallest absolute Gasteiger partial charge is 0.191 e. The van der Waals surface area contributed by atoms with E-state index in [1.54, 1.807) is 30.6 Å². The summed E-state index contributed by atoms with van der Waals surface area (Å²) < 4.78 is 19.8. The van der Waals surface area contributed by atoms with Crippen LogP contribution in [0.3, 0.4) is 0 Å². The number of halogens is 2. The second kappa shape index (κ2) is 11.1. The third kappa shape index (κ3) is 6.64. The number of guanidine groups is 1. The first-order valence-corrected chi connectivity index (χ1v) is 9.15. The highest BCUT2D eigenvalue weighted by Gasteiger charge is 2.15. The summed E-state index contributed by atoms with van der Waals surface area (Å²) in [6.07, 6.45) is 8.08. The molecule has 1 aliphatic carbocycles. The van der Waals surface area contributed by atoms with Crippen molar-refractivity contribution in [3.63, 3.8) is 0 Å². The zero-order valence-corrected chi connectivity index (χ0v) is 17.8. The van der Waals surface area contributed by atoms with Crippen molar-refractivity contribution in [1.29, 1.82) is 0 Å². The Labute approximate surface area is 176 Å². The topological polar surface area (TPSA) is 58.5 Å². The molecule has 27 heavy (non-hydrogen) atoms. The summed E-state index contributed by atoms with van der Waals surface area (Å²) in [7, 11) is 0. The first-order valence-electron chi connectivity index (χ1n) is 9.15. The van der Waals surface area contributed by atoms with Crippen LogP contribution in [0.2, 0.25) is 0 Å². The molecule has 0 aliphatic heterocycles. The van der Waals surface area contributed by atoms with Gasteiger partial charge in [-0.15, -0.1) is 24.0 Å². The highest BCUT2D eigenvalue weighted by Crippen LogP contribution is 2.24. The van der Waals surface area contributed by atoms with Crippen LogP contribution in [0.4, 0.5) is 4.39 Å². The molecular formula is C20H26FIN4O. The Balaban J connectivity index is 0.00000261. The average molecular weight is 484 g/mol. The van der Waals surface area contributed by atoms with Crippen molar-refractivity contribution in [1.82, 2.24) is 15.6 Å². The first kappa shape index (κ1) is 21.4. The number of hydrogen-bond acceptors (Lipinski definition) is 3. The lowest BCUT2D eigenvalue weighted by Gasteiger charge is -2.16. The van der Waals surface area contributed by atoms with Crippen molar-refractivity contribution < 1.29 is 9.13 Å². The van der Waals surface area contributed by atoms with Crippen LogP contribution in [-0.2, 0) is 6.54 Å². The van der Waals surface area contributed by atoms with Crippen molar-refractivity contribution in [2.24, 2.45) is 4.99 Å². The molecule has 3 rings (SSSR count). The monoisotopic (exact) mass is 484 g/mol. The van der Waals surface area contributed by atoms with Crippen molar-refractivity contribution in [2.45, 2.75) is 45.2 Å². The van der Waals surface area contributed by atoms with Gasteiger partial charge in [0.1, 0.15) is 5.75 Å². The van der Waals surface area contributed by atoms with Crippen LogP contribution in [0.15, 0.2) is 47.7 Å². The largest absolute Gasteiger partial charge is 0.453 e. The molecule has 1 fully saturated rings. The van der Waals surface area contributed by atoms with Crippen molar-refractivity contribution in [3.05, 3.63) is 54.1 Å². The van der Waals surface area contributed by atoms with E-state index >= 15 is 0 Å². The van der Waals surface area contributed by atoms with Crippen LogP contribution >= 0.6 is 24.0 Å². The van der Waals surface area contributed by atoms with Gasteiger partial charge in [0, 0.05) is 18.8 Å². The molecule has 1 heterocycles. The van der Waals surface area contributed by atoms with Crippen molar-refractivity contribution >= 4 is 29.9 Å². The van der Waals surface area contributed by atoms with Gasteiger partial charge in [-0.05, 0) is 49.6 Å². The number of ether oxygens (including phenoxy) is 1. The summed E-state index contributed by atoms with van der Waals surface area (Å²) >= 11 is 0. The van der Waals surface area contributed by atoms with Gasteiger partial charge in [-0.25, -0.2) is 9.38 Å². The molecule has 1 aliphatic rings. The molecule has 1 saturated carbocycles. The molecule has 2 aromatic rings. The van der Waals surface area contributed by atoms with Crippen LogP contribution in [0.1, 0.15) is 38.2 Å². The maximum atomic E-state index is 14.3. The normalized spacial score (nSPS) is 14.5. The van der Waals surface area contributed by atoms with E-state index < -0.39 is 5.82 Å². The minimum Gasteiger partial charge on any atom is -0.453 e. The average Bonchev–Trinajstić information content (AvgIpc) is 3.16. The fourth-order valence-electron chi connectivity index (χ4n) is 3.01. The fourth-order valence-corrected chi connectivity index (χ4v) is 3.01. The molecule has 0 unspecified atom stereocenters. The lowest BCUT2D eigenvalue weighted by atomic mass is 10.2. The molecule has 0 spiro atoms. The standard InChI is InChI=1S/C20H25FN4O.HI/c1-2-23-20(25-16-6-3-4-7-16)24-13-15-9-10-19(18(21)12-15)26-17-8-5-11-22-14-17;/h5,8-12,14,16H,2-4,6-7,13H2,1H3,(H2,23,24,25);1H. The third-order valence-electron chi connectivity index (χ3n) is 4.32. The number of nitrogens with zero attached hydrogens (tertiary/aromatic N) is 2. The van der Waals surface area contributed by atoms with Crippen LogP contribution in [-0.4, -0.2) is 23.5 Å². The summed E-state index contributed by atoms with van der Waals surface area (Å²) in [6.45, 7) is 3.24. The molecule has 5 nitrogen and oxygen atoms in total. The maximum absolute atomic E-state index is 14.3. The Morgan fingerprint density at radius 1 is 1.30 bits per heavy atom. The van der Waals surface area contributed by atoms with Crippen molar-refractivity contribution in [2.75, 3.05) is 6.54 Å². The SMILES string of the molecule is CCNC(=NCc1ccc(Oc2cccnc2)c(F)c1)NC1CCCC1.I. The van der Waals surface area contributed by atoms with E-state index in [0.717, 1.165) is 18.1 Å². The lowest BCUT2D eigenvalue weighted by molar-refractivity contribution is 0.440. The van der Waals surface area contributed by atoms with E-state index in [1.165, 1.54) is 31.7 Å². The van der Waals surface area contributed by atoms with Gasteiger partial charge in [0.2, 0.25) is 0 Å². The van der Waals surface area contributed by atoms with E-state index in [-0.39, 0.29) is 29.7 Å². The lowest BCUT2D eigenvalue weighted by Crippen LogP contribution is -2.42. The molecule has 0 atom stereocenters. The van der Waals surface area contributed by atoms with Crippen LogP contribution in [0.5, 0.6) is 11.5 Å². The maximum Gasteiger partial charge on any atom is 0.191 e. The summed E-state index contributed by atoms with van der Waals surface area (Å²) in [5.74, 6) is 1.07. The van der Waals surface area contributed by atoms with E-state index in [2.05, 4.69) is 20.6 Å². The number of aliphatic imine (C=N–C) groups is 1. The number of nitrogens with one attached hydrogen (secondary N) is 2. The zero-order chi connectivity index (χ0) is 18.2. The zero-order valence-electron chi connectivity index (χ0n) is 15.5. The van der Waals surface area contributed by atoms with Gasteiger partial charge in [0.25, 0.3) is 0 Å². The van der Waals surface area contributed by atoms with Crippen molar-refractivity contribution in [3.8, 4) is 11.5 Å². The number of aromatic nitrogens is 1. The summed E-state index contributed by atoms with van der Waals surface area (Å²) in [5, 5.41) is 6.71. The van der Waals surface area contributed by atoms with Gasteiger partial charge < -0.3 is 15.4 Å². The van der Waals surface area contributed by atoms with Crippen LogP contribution in [0.25, 0.3) is 0 Å². The molecule has 146 valence electrons. The van der Waals surface area contributed by atoms with Gasteiger partial charge >= 0.3 is 0 Å². The second-order valence-corrected chi connectivity index (χ2v) is 6.38. The molecule has 2 N–H and O–H groups in total. The second-order valence-electron chi connectivity index (χ2n) is 6.38. The minimum atomic E-state index is -0.407. The predicted octanol–water partition coefficient (Wildman–Crippen LogP) is 4.63. The Kier molecular flexibility index (Phi) is 8.77. The fraction of sp³-hybridized carbons (Fsp3) is 0.400. The molecule has 0 amide bonds. The molecule has 0 radical (unpaired) electrons. The summed E-state index contributed by atoms with van der Waals surface area (Å²) in [5.41, 5.74) is 0.796.